The van der Waals surface area contributed by atoms with Gasteiger partial charge in [0.05, 0.1) is 0 Å². The molecule has 1 atom stereocenters. The summed E-state index contributed by atoms with van der Waals surface area (Å²) in [6.07, 6.45) is 5.20. The van der Waals surface area contributed by atoms with Gasteiger partial charge in [-0.2, -0.15) is 0 Å². The minimum atomic E-state index is -1.41. The number of likely N-dealkylation sites (N-methyl/N-ethyl adjacent to an activating group) is 1. The van der Waals surface area contributed by atoms with E-state index in [0.717, 1.165) is 50.9 Å². The third-order valence-electron chi connectivity index (χ3n) is 5.36. The summed E-state index contributed by atoms with van der Waals surface area (Å²) in [5, 5.41) is 14.4. The number of halogens is 1. The zero-order chi connectivity index (χ0) is 17.4. The molecular weight excluding hydrogens is 336 g/mol. The molecule has 1 fully saturated rings. The van der Waals surface area contributed by atoms with E-state index in [2.05, 4.69) is 24.1 Å². The van der Waals surface area contributed by atoms with Crippen LogP contribution in [0.15, 0.2) is 30.3 Å². The van der Waals surface area contributed by atoms with Gasteiger partial charge in [-0.1, -0.05) is 63.4 Å². The Balaban J connectivity index is 0.00000312. The molecule has 5 heteroatoms. The fourth-order valence-corrected chi connectivity index (χ4v) is 3.77. The first kappa shape index (κ1) is 21.9. The summed E-state index contributed by atoms with van der Waals surface area (Å²) in [4.78, 5) is 15.2. The Labute approximate surface area is 158 Å². The molecule has 25 heavy (non-hydrogen) atoms. The van der Waals surface area contributed by atoms with Crippen LogP contribution in [0.2, 0.25) is 0 Å². The van der Waals surface area contributed by atoms with Crippen molar-refractivity contribution >= 4 is 18.3 Å². The number of nitrogens with one attached hydrogen (secondary N) is 1. The third-order valence-corrected chi connectivity index (χ3v) is 5.36. The van der Waals surface area contributed by atoms with Crippen molar-refractivity contribution in [3.05, 3.63) is 35.9 Å². The summed E-state index contributed by atoms with van der Waals surface area (Å²) in [6, 6.07) is 9.46. The lowest BCUT2D eigenvalue weighted by molar-refractivity contribution is -0.149. The number of hydrogen-bond donors (Lipinski definition) is 2. The lowest BCUT2D eigenvalue weighted by Crippen LogP contribution is -2.51. The maximum Gasteiger partial charge on any atom is 0.256 e. The Hall–Kier alpha value is -1.10. The van der Waals surface area contributed by atoms with E-state index in [4.69, 9.17) is 0 Å². The highest BCUT2D eigenvalue weighted by Crippen LogP contribution is 2.39. The number of rotatable bonds is 8. The molecule has 1 unspecified atom stereocenters. The van der Waals surface area contributed by atoms with Crippen molar-refractivity contribution in [2.45, 2.75) is 51.6 Å². The summed E-state index contributed by atoms with van der Waals surface area (Å²) in [7, 11) is 0. The van der Waals surface area contributed by atoms with E-state index in [0.29, 0.717) is 6.54 Å². The molecule has 1 saturated carbocycles. The Kier molecular flexibility index (Phi) is 9.47. The molecule has 142 valence electrons. The van der Waals surface area contributed by atoms with Gasteiger partial charge in [0.2, 0.25) is 0 Å². The second-order valence-corrected chi connectivity index (χ2v) is 6.75. The predicted molar refractivity (Wildman–Crippen MR) is 105 cm³/mol. The minimum absolute atomic E-state index is 0. The largest absolute Gasteiger partial charge is 0.375 e. The second-order valence-electron chi connectivity index (χ2n) is 6.75. The zero-order valence-corrected chi connectivity index (χ0v) is 16.4. The van der Waals surface area contributed by atoms with Crippen LogP contribution in [0.3, 0.4) is 0 Å². The van der Waals surface area contributed by atoms with Crippen LogP contribution in [0, 0.1) is 5.92 Å². The maximum absolute atomic E-state index is 12.9. The Morgan fingerprint density at radius 2 is 1.76 bits per heavy atom. The van der Waals surface area contributed by atoms with Crippen LogP contribution in [0.5, 0.6) is 0 Å². The van der Waals surface area contributed by atoms with Crippen LogP contribution in [0.25, 0.3) is 0 Å². The van der Waals surface area contributed by atoms with E-state index in [1.54, 1.807) is 0 Å². The zero-order valence-electron chi connectivity index (χ0n) is 15.5. The third kappa shape index (κ3) is 5.44. The number of carbonyl (C=O) groups is 1. The number of amides is 1. The van der Waals surface area contributed by atoms with E-state index in [1.807, 2.05) is 30.3 Å². The van der Waals surface area contributed by atoms with Crippen molar-refractivity contribution in [1.29, 1.82) is 0 Å². The highest BCUT2D eigenvalue weighted by Gasteiger charge is 2.45. The first-order valence-corrected chi connectivity index (χ1v) is 9.41. The van der Waals surface area contributed by atoms with Crippen LogP contribution in [0.4, 0.5) is 0 Å². The molecule has 1 aliphatic carbocycles. The van der Waals surface area contributed by atoms with Crippen molar-refractivity contribution in [2.24, 2.45) is 5.92 Å². The van der Waals surface area contributed by atoms with Crippen molar-refractivity contribution in [3.63, 3.8) is 0 Å². The molecule has 0 aromatic heterocycles. The Morgan fingerprint density at radius 3 is 2.32 bits per heavy atom. The summed E-state index contributed by atoms with van der Waals surface area (Å²) in [5.74, 6) is -0.241. The van der Waals surface area contributed by atoms with Gasteiger partial charge in [0, 0.05) is 19.0 Å². The molecular formula is C20H33ClN2O2. The molecule has 0 bridgehead atoms. The monoisotopic (exact) mass is 368 g/mol. The molecule has 4 nitrogen and oxygen atoms in total. The molecule has 0 saturated heterocycles. The van der Waals surface area contributed by atoms with Gasteiger partial charge < -0.3 is 15.3 Å². The molecule has 1 aliphatic rings. The molecule has 2 N–H and O–H groups in total. The van der Waals surface area contributed by atoms with E-state index >= 15 is 0 Å². The average molecular weight is 369 g/mol. The van der Waals surface area contributed by atoms with Crippen molar-refractivity contribution in [1.82, 2.24) is 10.2 Å². The predicted octanol–water partition coefficient (Wildman–Crippen LogP) is 3.33. The van der Waals surface area contributed by atoms with Gasteiger partial charge in [-0.05, 0) is 31.5 Å². The molecule has 0 radical (unpaired) electrons. The van der Waals surface area contributed by atoms with Crippen LogP contribution >= 0.6 is 12.4 Å². The highest BCUT2D eigenvalue weighted by atomic mass is 35.5. The van der Waals surface area contributed by atoms with Gasteiger partial charge in [-0.3, -0.25) is 4.79 Å². The van der Waals surface area contributed by atoms with E-state index in [-0.39, 0.29) is 24.2 Å². The number of carbonyl (C=O) groups excluding carboxylic acids is 1. The standard InChI is InChI=1S/C20H32N2O2.ClH/c1-3-22(4-2)16-15-21-19(23)20(24,17-11-7-5-8-12-17)18-13-9-6-10-14-18;/h5,7-8,11-12,18,24H,3-4,6,9-10,13-16H2,1-2H3,(H,21,23);1H. The number of hydrogen-bond acceptors (Lipinski definition) is 3. The van der Waals surface area contributed by atoms with Gasteiger partial charge in [-0.25, -0.2) is 0 Å². The van der Waals surface area contributed by atoms with Crippen LogP contribution in [0.1, 0.15) is 51.5 Å². The van der Waals surface area contributed by atoms with Crippen molar-refractivity contribution in [3.8, 4) is 0 Å². The Bertz CT molecular complexity index is 502. The molecule has 1 aromatic rings. The quantitative estimate of drug-likeness (QED) is 0.740. The lowest BCUT2D eigenvalue weighted by atomic mass is 9.73. The lowest BCUT2D eigenvalue weighted by Gasteiger charge is -2.37. The molecule has 0 spiro atoms. The first-order chi connectivity index (χ1) is 11.6. The molecule has 1 amide bonds. The van der Waals surface area contributed by atoms with E-state index in [1.165, 1.54) is 6.42 Å². The summed E-state index contributed by atoms with van der Waals surface area (Å²) < 4.78 is 0. The molecule has 0 heterocycles. The summed E-state index contributed by atoms with van der Waals surface area (Å²) in [6.45, 7) is 7.56. The fourth-order valence-electron chi connectivity index (χ4n) is 3.77. The van der Waals surface area contributed by atoms with Gasteiger partial charge in [0.25, 0.3) is 5.91 Å². The maximum atomic E-state index is 12.9. The smallest absolute Gasteiger partial charge is 0.256 e. The van der Waals surface area contributed by atoms with Crippen LogP contribution in [-0.4, -0.2) is 42.1 Å². The van der Waals surface area contributed by atoms with Crippen molar-refractivity contribution in [2.75, 3.05) is 26.2 Å². The molecule has 2 rings (SSSR count). The van der Waals surface area contributed by atoms with Crippen LogP contribution in [-0.2, 0) is 10.4 Å². The second kappa shape index (κ2) is 10.8. The minimum Gasteiger partial charge on any atom is -0.375 e. The van der Waals surface area contributed by atoms with Crippen LogP contribution < -0.4 is 5.32 Å². The van der Waals surface area contributed by atoms with Gasteiger partial charge in [0.15, 0.2) is 5.60 Å². The van der Waals surface area contributed by atoms with E-state index < -0.39 is 5.60 Å². The summed E-state index contributed by atoms with van der Waals surface area (Å²) in [5.41, 5.74) is -0.692. The normalized spacial score (nSPS) is 17.6. The number of nitrogens with zero attached hydrogens (tertiary/aromatic N) is 1. The Morgan fingerprint density at radius 1 is 1.16 bits per heavy atom. The van der Waals surface area contributed by atoms with Gasteiger partial charge in [-0.15, -0.1) is 12.4 Å². The van der Waals surface area contributed by atoms with Gasteiger partial charge in [0.1, 0.15) is 0 Å². The van der Waals surface area contributed by atoms with Gasteiger partial charge >= 0.3 is 0 Å². The SMILES string of the molecule is CCN(CC)CCNC(=O)C(O)(c1ccccc1)C1CCCCC1.Cl. The highest BCUT2D eigenvalue weighted by molar-refractivity contribution is 5.86. The average Bonchev–Trinajstić information content (AvgIpc) is 2.65. The summed E-state index contributed by atoms with van der Waals surface area (Å²) >= 11 is 0. The van der Waals surface area contributed by atoms with Crippen molar-refractivity contribution < 1.29 is 9.90 Å². The molecule has 0 aliphatic heterocycles. The van der Waals surface area contributed by atoms with E-state index in [9.17, 15) is 9.90 Å². The molecule has 1 aromatic carbocycles. The topological polar surface area (TPSA) is 52.6 Å². The number of aliphatic hydroxyl groups is 1. The first-order valence-electron chi connectivity index (χ1n) is 9.41. The fraction of sp³-hybridized carbons (Fsp3) is 0.650. The number of benzene rings is 1.